The number of cyclic esters (lactones) is 1. The van der Waals surface area contributed by atoms with E-state index in [1.807, 2.05) is 44.2 Å². The van der Waals surface area contributed by atoms with Crippen LogP contribution in [0.2, 0.25) is 0 Å². The topological polar surface area (TPSA) is 197 Å². The van der Waals surface area contributed by atoms with Gasteiger partial charge in [-0.25, -0.2) is 9.59 Å². The molecule has 0 aliphatic carbocycles. The molecule has 5 rings (SSSR count). The predicted molar refractivity (Wildman–Crippen MR) is 209 cm³/mol. The van der Waals surface area contributed by atoms with E-state index in [9.17, 15) is 34.8 Å². The zero-order valence-corrected chi connectivity index (χ0v) is 34.8. The summed E-state index contributed by atoms with van der Waals surface area (Å²) < 4.78 is 41.6. The second-order valence-corrected chi connectivity index (χ2v) is 17.4. The average molecular weight is 815 g/mol. The average Bonchev–Trinajstić information content (AvgIpc) is 3.14. The number of hydrogen-bond donors (Lipinski definition) is 4. The van der Waals surface area contributed by atoms with Crippen molar-refractivity contribution in [3.8, 4) is 0 Å². The van der Waals surface area contributed by atoms with Crippen LogP contribution in [0.15, 0.2) is 65.8 Å². The van der Waals surface area contributed by atoms with Crippen molar-refractivity contribution in [2.24, 2.45) is 10.8 Å². The lowest BCUT2D eigenvalue weighted by Crippen LogP contribution is -2.62. The standard InChI is InChI=1S/C44H62O14/c1-27(45)36-22-33-17-30(19-39(48)53-7)24-43(50,57-33)41(2,3)14-13-32-15-29(18-38(47)52-6)16-35(55-32)25-44(51)42(4,5)37(54-26-28-11-9-8-10-12-28)23-34(58-44)20-31(46)21-40(49)56-36/h8-14,18-19,27,31-37,45-46,50-51H,15-17,20-26H2,1-7H3/b14-13+,29-18+,30-19+/t27-,31-,32+,33+,34-,35+,36-,37+,43-,44+/m1/s1. The van der Waals surface area contributed by atoms with Crippen LogP contribution in [0.5, 0.6) is 0 Å². The van der Waals surface area contributed by atoms with E-state index in [0.29, 0.717) is 18.4 Å². The fourth-order valence-corrected chi connectivity index (χ4v) is 8.38. The van der Waals surface area contributed by atoms with Crippen LogP contribution in [0.3, 0.4) is 0 Å². The van der Waals surface area contributed by atoms with Crippen LogP contribution < -0.4 is 0 Å². The number of aliphatic hydroxyl groups excluding tert-OH is 2. The highest BCUT2D eigenvalue weighted by atomic mass is 16.6. The minimum absolute atomic E-state index is 0.0382. The van der Waals surface area contributed by atoms with Crippen LogP contribution in [0.25, 0.3) is 0 Å². The Bertz CT molecular complexity index is 1680. The molecule has 322 valence electrons. The second kappa shape index (κ2) is 18.8. The maximum Gasteiger partial charge on any atom is 0.330 e. The molecule has 0 amide bonds. The first-order valence-corrected chi connectivity index (χ1v) is 20.2. The first-order chi connectivity index (χ1) is 27.2. The largest absolute Gasteiger partial charge is 0.466 e. The Balaban J connectivity index is 1.55. The Morgan fingerprint density at radius 2 is 1.50 bits per heavy atom. The number of ether oxygens (including phenoxy) is 7. The van der Waals surface area contributed by atoms with Crippen LogP contribution in [-0.2, 0) is 54.1 Å². The molecule has 0 radical (unpaired) electrons. The summed E-state index contributed by atoms with van der Waals surface area (Å²) in [5, 5.41) is 47.0. The molecular formula is C44H62O14. The fourth-order valence-electron chi connectivity index (χ4n) is 8.38. The highest BCUT2D eigenvalue weighted by Crippen LogP contribution is 2.50. The molecule has 58 heavy (non-hydrogen) atoms. The molecule has 6 bridgehead atoms. The van der Waals surface area contributed by atoms with Gasteiger partial charge in [-0.15, -0.1) is 0 Å². The van der Waals surface area contributed by atoms with E-state index in [4.69, 9.17) is 33.2 Å². The summed E-state index contributed by atoms with van der Waals surface area (Å²) in [5.74, 6) is -5.69. The van der Waals surface area contributed by atoms with E-state index in [0.717, 1.165) is 11.1 Å². The Kier molecular flexibility index (Phi) is 14.8. The van der Waals surface area contributed by atoms with Crippen molar-refractivity contribution in [2.75, 3.05) is 14.2 Å². The van der Waals surface area contributed by atoms with Gasteiger partial charge < -0.3 is 53.6 Å². The molecule has 4 aliphatic heterocycles. The van der Waals surface area contributed by atoms with Gasteiger partial charge in [0.25, 0.3) is 0 Å². The Labute approximate surface area is 341 Å². The van der Waals surface area contributed by atoms with Crippen molar-refractivity contribution in [2.45, 2.75) is 159 Å². The van der Waals surface area contributed by atoms with Gasteiger partial charge >= 0.3 is 17.9 Å². The number of hydrogen-bond acceptors (Lipinski definition) is 14. The highest BCUT2D eigenvalue weighted by Gasteiger charge is 2.57. The number of methoxy groups -OCH3 is 2. The maximum absolute atomic E-state index is 13.3. The number of carbonyl (C=O) groups is 3. The molecule has 10 atom stereocenters. The lowest BCUT2D eigenvalue weighted by molar-refractivity contribution is -0.353. The fraction of sp³-hybridized carbons (Fsp3) is 0.659. The molecule has 4 heterocycles. The number of carbonyl (C=O) groups excluding carboxylic acids is 3. The van der Waals surface area contributed by atoms with Gasteiger partial charge in [0, 0.05) is 55.1 Å². The lowest BCUT2D eigenvalue weighted by atomic mass is 9.70. The summed E-state index contributed by atoms with van der Waals surface area (Å²) in [6.45, 7) is 8.98. The van der Waals surface area contributed by atoms with Crippen LogP contribution in [0.4, 0.5) is 0 Å². The van der Waals surface area contributed by atoms with E-state index in [-0.39, 0.29) is 45.1 Å². The normalized spacial score (nSPS) is 36.9. The van der Waals surface area contributed by atoms with Crippen molar-refractivity contribution in [3.05, 3.63) is 71.3 Å². The summed E-state index contributed by atoms with van der Waals surface area (Å²) in [6, 6.07) is 9.63. The van der Waals surface area contributed by atoms with Crippen molar-refractivity contribution in [1.29, 1.82) is 0 Å². The number of rotatable bonds is 6. The second-order valence-electron chi connectivity index (χ2n) is 17.4. The third-order valence-electron chi connectivity index (χ3n) is 12.1. The number of benzene rings is 1. The molecule has 0 aromatic heterocycles. The van der Waals surface area contributed by atoms with Gasteiger partial charge in [0.1, 0.15) is 6.10 Å². The van der Waals surface area contributed by atoms with Gasteiger partial charge in [0.2, 0.25) is 0 Å². The molecule has 1 aromatic rings. The molecule has 0 unspecified atom stereocenters. The third-order valence-corrected chi connectivity index (χ3v) is 12.1. The molecule has 3 fully saturated rings. The SMILES string of the molecule is COC(=O)/C=C1/C[C@H]2C[C@]3(O)O[C@H](C[C@@H](O)CC(=O)O[C@@H]([C@@H](C)O)C[C@@H]4C/C(=C\C(=O)OC)C[C@@](O)(O4)C(C)(C)/C=C/[C@@H](C1)O2)C[C@H](OCc1ccccc1)C3(C)C. The van der Waals surface area contributed by atoms with E-state index in [1.54, 1.807) is 26.0 Å². The van der Waals surface area contributed by atoms with Gasteiger partial charge in [0.05, 0.1) is 70.0 Å². The Hall–Kier alpha value is -3.47. The zero-order valence-electron chi connectivity index (χ0n) is 34.8. The van der Waals surface area contributed by atoms with Crippen molar-refractivity contribution >= 4 is 17.9 Å². The van der Waals surface area contributed by atoms with Gasteiger partial charge in [-0.3, -0.25) is 4.79 Å². The summed E-state index contributed by atoms with van der Waals surface area (Å²) in [5.41, 5.74) is 0.0455. The van der Waals surface area contributed by atoms with E-state index >= 15 is 0 Å². The summed E-state index contributed by atoms with van der Waals surface area (Å²) in [4.78, 5) is 38.3. The van der Waals surface area contributed by atoms with Crippen molar-refractivity contribution < 1.29 is 68.0 Å². The zero-order chi connectivity index (χ0) is 42.5. The third kappa shape index (κ3) is 11.2. The van der Waals surface area contributed by atoms with Crippen molar-refractivity contribution in [1.82, 2.24) is 0 Å². The quantitative estimate of drug-likeness (QED) is 0.136. The van der Waals surface area contributed by atoms with Crippen LogP contribution in [0.1, 0.15) is 98.0 Å². The van der Waals surface area contributed by atoms with Crippen LogP contribution in [0, 0.1) is 10.8 Å². The predicted octanol–water partition coefficient (Wildman–Crippen LogP) is 4.50. The lowest BCUT2D eigenvalue weighted by Gasteiger charge is -2.54. The van der Waals surface area contributed by atoms with Gasteiger partial charge in [-0.05, 0) is 31.7 Å². The molecule has 0 saturated carbocycles. The number of fused-ring (bicyclic) bond motifs is 6. The smallest absolute Gasteiger partial charge is 0.330 e. The summed E-state index contributed by atoms with van der Waals surface area (Å²) >= 11 is 0. The minimum atomic E-state index is -1.89. The molecule has 14 heteroatoms. The minimum Gasteiger partial charge on any atom is -0.466 e. The van der Waals surface area contributed by atoms with E-state index < -0.39 is 95.6 Å². The summed E-state index contributed by atoms with van der Waals surface area (Å²) in [7, 11) is 2.55. The van der Waals surface area contributed by atoms with E-state index in [1.165, 1.54) is 33.3 Å². The van der Waals surface area contributed by atoms with Gasteiger partial charge in [-0.2, -0.15) is 0 Å². The van der Waals surface area contributed by atoms with E-state index in [2.05, 4.69) is 0 Å². The molecule has 0 spiro atoms. The van der Waals surface area contributed by atoms with Gasteiger partial charge in [0.15, 0.2) is 11.6 Å². The Morgan fingerprint density at radius 3 is 2.16 bits per heavy atom. The molecular weight excluding hydrogens is 752 g/mol. The molecule has 4 N–H and O–H groups in total. The van der Waals surface area contributed by atoms with Crippen LogP contribution in [-0.4, -0.2) is 113 Å². The molecule has 1 aromatic carbocycles. The van der Waals surface area contributed by atoms with Gasteiger partial charge in [-0.1, -0.05) is 81.3 Å². The first kappa shape index (κ1) is 45.6. The van der Waals surface area contributed by atoms with Crippen LogP contribution >= 0.6 is 0 Å². The monoisotopic (exact) mass is 814 g/mol. The molecule has 14 nitrogen and oxygen atoms in total. The van der Waals surface area contributed by atoms with Crippen molar-refractivity contribution in [3.63, 3.8) is 0 Å². The maximum atomic E-state index is 13.3. The number of esters is 3. The Morgan fingerprint density at radius 1 is 0.862 bits per heavy atom. The first-order valence-electron chi connectivity index (χ1n) is 20.2. The summed E-state index contributed by atoms with van der Waals surface area (Å²) in [6.07, 6.45) is -0.164. The molecule has 4 aliphatic rings. The number of aliphatic hydroxyl groups is 4. The highest BCUT2D eigenvalue weighted by molar-refractivity contribution is 5.83. The molecule has 3 saturated heterocycles.